The second-order valence-corrected chi connectivity index (χ2v) is 11.9. The molecule has 0 unspecified atom stereocenters. The molecule has 5 rings (SSSR count). The highest BCUT2D eigenvalue weighted by molar-refractivity contribution is 7.91. The molecule has 8 heteroatoms. The van der Waals surface area contributed by atoms with E-state index in [2.05, 4.69) is 10.0 Å². The zero-order chi connectivity index (χ0) is 24.6. The Balaban J connectivity index is 1.34. The van der Waals surface area contributed by atoms with Crippen LogP contribution in [-0.4, -0.2) is 20.4 Å². The lowest BCUT2D eigenvalue weighted by molar-refractivity contribution is 0.102. The van der Waals surface area contributed by atoms with Crippen molar-refractivity contribution in [1.82, 2.24) is 4.72 Å². The van der Waals surface area contributed by atoms with Gasteiger partial charge in [-0.05, 0) is 89.4 Å². The molecule has 0 spiro atoms. The average Bonchev–Trinajstić information content (AvgIpc) is 3.49. The Kier molecular flexibility index (Phi) is 6.51. The lowest BCUT2D eigenvalue weighted by atomic mass is 9.94. The Morgan fingerprint density at radius 3 is 2.49 bits per heavy atom. The molecule has 5 nitrogen and oxygen atoms in total. The summed E-state index contributed by atoms with van der Waals surface area (Å²) >= 11 is 7.25. The van der Waals surface area contributed by atoms with Crippen molar-refractivity contribution in [2.45, 2.75) is 30.0 Å². The number of aryl methyl sites for hydroxylation is 1. The zero-order valence-corrected chi connectivity index (χ0v) is 21.3. The van der Waals surface area contributed by atoms with Crippen LogP contribution in [-0.2, 0) is 22.9 Å². The molecule has 1 aliphatic rings. The summed E-state index contributed by atoms with van der Waals surface area (Å²) in [6.07, 6.45) is 1.19. The number of benzene rings is 3. The molecule has 0 radical (unpaired) electrons. The SMILES string of the molecule is Cc1cccc(C(=O)Nc2ccc3c(c2)C[C@H](NS(=O)(=O)c2cccs2)C3)c1-c1ccc(Cl)cc1. The van der Waals surface area contributed by atoms with Crippen LogP contribution in [0.25, 0.3) is 11.1 Å². The van der Waals surface area contributed by atoms with Gasteiger partial charge in [0, 0.05) is 22.3 Å². The van der Waals surface area contributed by atoms with E-state index in [1.165, 1.54) is 11.3 Å². The molecule has 0 fully saturated rings. The zero-order valence-electron chi connectivity index (χ0n) is 18.9. The summed E-state index contributed by atoms with van der Waals surface area (Å²) in [6, 6.07) is 22.0. The number of nitrogens with one attached hydrogen (secondary N) is 2. The van der Waals surface area contributed by atoms with Gasteiger partial charge in [-0.15, -0.1) is 11.3 Å². The second-order valence-electron chi connectivity index (χ2n) is 8.60. The highest BCUT2D eigenvalue weighted by Gasteiger charge is 2.27. The standard InChI is InChI=1S/C27H23ClN2O3S2/c1-17-4-2-5-24(26(17)18-7-10-21(28)11-8-18)27(31)29-22-12-9-19-14-23(16-20(19)15-22)30-35(32,33)25-6-3-13-34-25/h2-13,15,23,30H,14,16H2,1H3,(H,29,31)/t23-/m1/s1. The van der Waals surface area contributed by atoms with E-state index in [-0.39, 0.29) is 11.9 Å². The first-order valence-electron chi connectivity index (χ1n) is 11.1. The van der Waals surface area contributed by atoms with Gasteiger partial charge in [-0.25, -0.2) is 13.1 Å². The summed E-state index contributed by atoms with van der Waals surface area (Å²) in [6.45, 7) is 1.98. The Morgan fingerprint density at radius 2 is 1.74 bits per heavy atom. The number of carbonyl (C=O) groups excluding carboxylic acids is 1. The monoisotopic (exact) mass is 522 g/mol. The van der Waals surface area contributed by atoms with Crippen LogP contribution in [0.4, 0.5) is 5.69 Å². The van der Waals surface area contributed by atoms with Crippen molar-refractivity contribution in [3.63, 3.8) is 0 Å². The van der Waals surface area contributed by atoms with E-state index in [1.54, 1.807) is 17.5 Å². The van der Waals surface area contributed by atoms with Crippen molar-refractivity contribution in [2.75, 3.05) is 5.32 Å². The molecule has 0 bridgehead atoms. The van der Waals surface area contributed by atoms with Crippen molar-refractivity contribution in [1.29, 1.82) is 0 Å². The fourth-order valence-electron chi connectivity index (χ4n) is 4.53. The molecule has 35 heavy (non-hydrogen) atoms. The van der Waals surface area contributed by atoms with Gasteiger partial charge in [-0.3, -0.25) is 4.79 Å². The molecule has 1 atom stereocenters. The molecule has 4 aromatic rings. The summed E-state index contributed by atoms with van der Waals surface area (Å²) in [5, 5.41) is 5.41. The van der Waals surface area contributed by atoms with Gasteiger partial charge in [0.1, 0.15) is 4.21 Å². The van der Waals surface area contributed by atoms with Crippen molar-refractivity contribution in [2.24, 2.45) is 0 Å². The summed E-state index contributed by atoms with van der Waals surface area (Å²) < 4.78 is 28.3. The van der Waals surface area contributed by atoms with Crippen LogP contribution in [0.3, 0.4) is 0 Å². The van der Waals surface area contributed by atoms with E-state index < -0.39 is 10.0 Å². The van der Waals surface area contributed by atoms with Gasteiger partial charge in [0.2, 0.25) is 10.0 Å². The Bertz CT molecular complexity index is 1500. The molecule has 3 aromatic carbocycles. The van der Waals surface area contributed by atoms with Gasteiger partial charge < -0.3 is 5.32 Å². The van der Waals surface area contributed by atoms with Crippen LogP contribution < -0.4 is 10.0 Å². The van der Waals surface area contributed by atoms with Gasteiger partial charge in [0.15, 0.2) is 0 Å². The van der Waals surface area contributed by atoms with Crippen LogP contribution in [0.1, 0.15) is 27.0 Å². The molecule has 1 heterocycles. The fraction of sp³-hybridized carbons (Fsp3) is 0.148. The molecule has 1 aromatic heterocycles. The maximum Gasteiger partial charge on any atom is 0.256 e. The van der Waals surface area contributed by atoms with E-state index >= 15 is 0 Å². The minimum Gasteiger partial charge on any atom is -0.322 e. The molecule has 0 saturated heterocycles. The minimum atomic E-state index is -3.53. The van der Waals surface area contributed by atoms with Gasteiger partial charge >= 0.3 is 0 Å². The number of thiophene rings is 1. The Hall–Kier alpha value is -2.97. The third kappa shape index (κ3) is 5.04. The maximum absolute atomic E-state index is 13.3. The number of hydrogen-bond donors (Lipinski definition) is 2. The van der Waals surface area contributed by atoms with Crippen molar-refractivity contribution in [3.05, 3.63) is 105 Å². The predicted molar refractivity (Wildman–Crippen MR) is 142 cm³/mol. The lowest BCUT2D eigenvalue weighted by Crippen LogP contribution is -2.34. The predicted octanol–water partition coefficient (Wildman–Crippen LogP) is 6.07. The summed E-state index contributed by atoms with van der Waals surface area (Å²) in [4.78, 5) is 13.3. The van der Waals surface area contributed by atoms with Crippen molar-refractivity contribution in [3.8, 4) is 11.1 Å². The number of amides is 1. The molecule has 178 valence electrons. The number of anilines is 1. The smallest absolute Gasteiger partial charge is 0.256 e. The molecular formula is C27H23ClN2O3S2. The third-order valence-electron chi connectivity index (χ3n) is 6.13. The normalized spacial score (nSPS) is 15.1. The van der Waals surface area contributed by atoms with E-state index in [1.807, 2.05) is 67.6 Å². The van der Waals surface area contributed by atoms with E-state index in [0.29, 0.717) is 33.3 Å². The van der Waals surface area contributed by atoms with Gasteiger partial charge in [-0.2, -0.15) is 0 Å². The highest BCUT2D eigenvalue weighted by Crippen LogP contribution is 2.31. The maximum atomic E-state index is 13.3. The average molecular weight is 523 g/mol. The third-order valence-corrected chi connectivity index (χ3v) is 9.30. The number of hydrogen-bond acceptors (Lipinski definition) is 4. The second kappa shape index (κ2) is 9.59. The fourth-order valence-corrected chi connectivity index (χ4v) is 6.90. The summed E-state index contributed by atoms with van der Waals surface area (Å²) in [7, 11) is -3.53. The highest BCUT2D eigenvalue weighted by atomic mass is 35.5. The van der Waals surface area contributed by atoms with Gasteiger partial charge in [-0.1, -0.05) is 48.0 Å². The van der Waals surface area contributed by atoms with Crippen LogP contribution in [0.2, 0.25) is 5.02 Å². The quantitative estimate of drug-likeness (QED) is 0.322. The number of halogens is 1. The van der Waals surface area contributed by atoms with Gasteiger partial charge in [0.05, 0.1) is 0 Å². The van der Waals surface area contributed by atoms with Crippen LogP contribution in [0, 0.1) is 6.92 Å². The number of sulfonamides is 1. The van der Waals surface area contributed by atoms with Gasteiger partial charge in [0.25, 0.3) is 5.91 Å². The first kappa shape index (κ1) is 23.8. The number of fused-ring (bicyclic) bond motifs is 1. The van der Waals surface area contributed by atoms with E-state index in [9.17, 15) is 13.2 Å². The lowest BCUT2D eigenvalue weighted by Gasteiger charge is -2.14. The van der Waals surface area contributed by atoms with E-state index in [0.717, 1.165) is 27.8 Å². The minimum absolute atomic E-state index is 0.202. The van der Waals surface area contributed by atoms with E-state index in [4.69, 9.17) is 11.6 Å². The first-order chi connectivity index (χ1) is 16.8. The largest absolute Gasteiger partial charge is 0.322 e. The molecule has 0 saturated carbocycles. The Morgan fingerprint density at radius 1 is 0.971 bits per heavy atom. The Labute approximate surface area is 213 Å². The van der Waals surface area contributed by atoms with Crippen LogP contribution >= 0.6 is 22.9 Å². The first-order valence-corrected chi connectivity index (χ1v) is 13.9. The molecule has 1 aliphatic carbocycles. The summed E-state index contributed by atoms with van der Waals surface area (Å²) in [5.74, 6) is -0.202. The van der Waals surface area contributed by atoms with Crippen molar-refractivity contribution >= 4 is 44.6 Å². The topological polar surface area (TPSA) is 75.3 Å². The van der Waals surface area contributed by atoms with Crippen molar-refractivity contribution < 1.29 is 13.2 Å². The molecule has 0 aliphatic heterocycles. The molecular weight excluding hydrogens is 500 g/mol. The number of rotatable bonds is 6. The number of carbonyl (C=O) groups is 1. The van der Waals surface area contributed by atoms with Crippen LogP contribution in [0.5, 0.6) is 0 Å². The molecule has 1 amide bonds. The van der Waals surface area contributed by atoms with Crippen LogP contribution in [0.15, 0.2) is 82.4 Å². The summed E-state index contributed by atoms with van der Waals surface area (Å²) in [5.41, 5.74) is 6.16. The molecule has 2 N–H and O–H groups in total.